The number of aromatic nitrogens is 1. The summed E-state index contributed by atoms with van der Waals surface area (Å²) < 4.78 is 40.2. The predicted molar refractivity (Wildman–Crippen MR) is 41.7 cm³/mol. The minimum absolute atomic E-state index is 0.0342. The maximum Gasteiger partial charge on any atom is 0.422 e. The molecule has 0 aliphatic heterocycles. The van der Waals surface area contributed by atoms with Crippen LogP contribution >= 0.6 is 0 Å². The van der Waals surface area contributed by atoms with Crippen molar-refractivity contribution >= 4 is 0 Å². The number of alkyl halides is 3. The zero-order valence-corrected chi connectivity index (χ0v) is 7.34. The van der Waals surface area contributed by atoms with Crippen LogP contribution in [0.15, 0.2) is 18.3 Å². The quantitative estimate of drug-likeness (QED) is 0.545. The number of nitrogens with zero attached hydrogens (tertiary/aromatic N) is 1. The molecule has 0 saturated carbocycles. The molecule has 0 aromatic carbocycles. The number of hydrogen-bond acceptors (Lipinski definition) is 2. The molecule has 0 bridgehead atoms. The topological polar surface area (TPSA) is 36.2 Å². The second-order valence-corrected chi connectivity index (χ2v) is 2.73. The first kappa shape index (κ1) is 10.6. The van der Waals surface area contributed by atoms with Gasteiger partial charge in [-0.15, -0.1) is 0 Å². The second kappa shape index (κ2) is 3.73. The number of ether oxygens (including phenoxy) is 1. The Kier molecular flexibility index (Phi) is 2.83. The predicted octanol–water partition coefficient (Wildman–Crippen LogP) is 1.57. The first-order valence-corrected chi connectivity index (χ1v) is 3.78. The summed E-state index contributed by atoms with van der Waals surface area (Å²) in [6.45, 7) is 0.128. The molecule has 6 heteroatoms. The molecule has 0 amide bonds. The largest absolute Gasteiger partial charge is 0.619 e. The maximum atomic E-state index is 11.7. The van der Waals surface area contributed by atoms with Crippen LogP contribution in [0.5, 0.6) is 5.75 Å². The molecule has 3 nitrogen and oxygen atoms in total. The normalized spacial score (nSPS) is 11.4. The summed E-state index contributed by atoms with van der Waals surface area (Å²) in [4.78, 5) is 0. The van der Waals surface area contributed by atoms with E-state index in [1.165, 1.54) is 19.1 Å². The van der Waals surface area contributed by atoms with Crippen LogP contribution in [0.3, 0.4) is 0 Å². The summed E-state index contributed by atoms with van der Waals surface area (Å²) in [7, 11) is 0. The summed E-state index contributed by atoms with van der Waals surface area (Å²) >= 11 is 0. The zero-order valence-electron chi connectivity index (χ0n) is 7.34. The van der Waals surface area contributed by atoms with Gasteiger partial charge in [-0.2, -0.15) is 17.9 Å². The van der Waals surface area contributed by atoms with Crippen LogP contribution in [0, 0.1) is 12.1 Å². The van der Waals surface area contributed by atoms with Crippen LogP contribution in [0.25, 0.3) is 0 Å². The minimum atomic E-state index is -4.36. The van der Waals surface area contributed by atoms with Crippen LogP contribution in [0.2, 0.25) is 0 Å². The Morgan fingerprint density at radius 3 is 2.64 bits per heavy atom. The van der Waals surface area contributed by atoms with Gasteiger partial charge in [-0.3, -0.25) is 0 Å². The van der Waals surface area contributed by atoms with Gasteiger partial charge in [0.2, 0.25) is 0 Å². The van der Waals surface area contributed by atoms with Crippen molar-refractivity contribution in [1.82, 2.24) is 0 Å². The maximum absolute atomic E-state index is 11.7. The standard InChI is InChI=1S/C8H8F3NO2/c1-6-4-7(2-3-12(6)13)14-5-8(9,10)11/h2-4H,5H2,1H3. The number of hydrogen-bond donors (Lipinski definition) is 0. The first-order chi connectivity index (χ1) is 6.38. The van der Waals surface area contributed by atoms with Gasteiger partial charge in [-0.1, -0.05) is 0 Å². The fraction of sp³-hybridized carbons (Fsp3) is 0.375. The van der Waals surface area contributed by atoms with Crippen molar-refractivity contribution in [3.63, 3.8) is 0 Å². The lowest BCUT2D eigenvalue weighted by Crippen LogP contribution is -2.29. The third kappa shape index (κ3) is 3.12. The number of rotatable bonds is 2. The molecule has 0 atom stereocenters. The van der Waals surface area contributed by atoms with E-state index in [1.807, 2.05) is 0 Å². The Labute approximate surface area is 78.3 Å². The average Bonchev–Trinajstić information content (AvgIpc) is 2.06. The molecule has 1 aromatic rings. The molecule has 0 fully saturated rings. The summed E-state index contributed by atoms with van der Waals surface area (Å²) in [5.41, 5.74) is 0.282. The lowest BCUT2D eigenvalue weighted by atomic mass is 10.3. The van der Waals surface area contributed by atoms with Crippen LogP contribution in [-0.2, 0) is 0 Å². The molecule has 0 aliphatic carbocycles. The highest BCUT2D eigenvalue weighted by Crippen LogP contribution is 2.17. The van der Waals surface area contributed by atoms with E-state index in [0.29, 0.717) is 4.73 Å². The number of halogens is 3. The minimum Gasteiger partial charge on any atom is -0.619 e. The van der Waals surface area contributed by atoms with Gasteiger partial charge in [0.05, 0.1) is 0 Å². The fourth-order valence-corrected chi connectivity index (χ4v) is 0.831. The van der Waals surface area contributed by atoms with Crippen molar-refractivity contribution in [3.8, 4) is 5.75 Å². The van der Waals surface area contributed by atoms with E-state index in [4.69, 9.17) is 0 Å². The smallest absolute Gasteiger partial charge is 0.422 e. The van der Waals surface area contributed by atoms with Gasteiger partial charge in [0.1, 0.15) is 5.75 Å². The molecule has 78 valence electrons. The van der Waals surface area contributed by atoms with Crippen molar-refractivity contribution in [1.29, 1.82) is 0 Å². The van der Waals surface area contributed by atoms with Gasteiger partial charge < -0.3 is 9.94 Å². The van der Waals surface area contributed by atoms with Gasteiger partial charge in [-0.05, 0) is 0 Å². The van der Waals surface area contributed by atoms with Crippen molar-refractivity contribution in [2.45, 2.75) is 13.1 Å². The van der Waals surface area contributed by atoms with Crippen molar-refractivity contribution < 1.29 is 22.6 Å². The van der Waals surface area contributed by atoms with Gasteiger partial charge in [0.15, 0.2) is 18.5 Å². The molecular weight excluding hydrogens is 199 g/mol. The van der Waals surface area contributed by atoms with Gasteiger partial charge in [0.25, 0.3) is 0 Å². The highest BCUT2D eigenvalue weighted by atomic mass is 19.4. The van der Waals surface area contributed by atoms with E-state index in [-0.39, 0.29) is 11.4 Å². The van der Waals surface area contributed by atoms with Crippen molar-refractivity contribution in [2.75, 3.05) is 6.61 Å². The van der Waals surface area contributed by atoms with Crippen LogP contribution in [-0.4, -0.2) is 12.8 Å². The Bertz CT molecular complexity index is 325. The molecule has 0 saturated heterocycles. The first-order valence-electron chi connectivity index (χ1n) is 3.78. The Hall–Kier alpha value is -1.46. The average molecular weight is 207 g/mol. The highest BCUT2D eigenvalue weighted by molar-refractivity contribution is 5.18. The molecule has 0 unspecified atom stereocenters. The number of aryl methyl sites for hydroxylation is 1. The third-order valence-corrected chi connectivity index (χ3v) is 1.48. The summed E-state index contributed by atoms with van der Waals surface area (Å²) in [6, 6.07) is 2.44. The lowest BCUT2D eigenvalue weighted by molar-refractivity contribution is -0.612. The molecule has 0 spiro atoms. The Morgan fingerprint density at radius 2 is 2.14 bits per heavy atom. The summed E-state index contributed by atoms with van der Waals surface area (Å²) in [6.07, 6.45) is -3.27. The van der Waals surface area contributed by atoms with E-state index in [1.54, 1.807) is 0 Å². The van der Waals surface area contributed by atoms with Crippen LogP contribution in [0.4, 0.5) is 13.2 Å². The summed E-state index contributed by atoms with van der Waals surface area (Å²) in [5, 5.41) is 10.8. The highest BCUT2D eigenvalue weighted by Gasteiger charge is 2.28. The zero-order chi connectivity index (χ0) is 10.8. The molecule has 14 heavy (non-hydrogen) atoms. The number of pyridine rings is 1. The molecule has 1 rings (SSSR count). The van der Waals surface area contributed by atoms with Crippen LogP contribution in [0.1, 0.15) is 5.69 Å². The second-order valence-electron chi connectivity index (χ2n) is 2.73. The van der Waals surface area contributed by atoms with E-state index < -0.39 is 12.8 Å². The van der Waals surface area contributed by atoms with Crippen molar-refractivity contribution in [2.24, 2.45) is 0 Å². The molecule has 0 radical (unpaired) electrons. The van der Waals surface area contributed by atoms with Crippen molar-refractivity contribution in [3.05, 3.63) is 29.2 Å². The Morgan fingerprint density at radius 1 is 1.50 bits per heavy atom. The van der Waals surface area contributed by atoms with E-state index in [2.05, 4.69) is 4.74 Å². The molecule has 1 heterocycles. The SMILES string of the molecule is Cc1cc(OCC(F)(F)F)cc[n+]1[O-]. The van der Waals surface area contributed by atoms with Crippen LogP contribution < -0.4 is 9.47 Å². The van der Waals surface area contributed by atoms with Gasteiger partial charge >= 0.3 is 6.18 Å². The molecular formula is C8H8F3NO2. The van der Waals surface area contributed by atoms with E-state index in [9.17, 15) is 18.4 Å². The van der Waals surface area contributed by atoms with E-state index >= 15 is 0 Å². The molecule has 1 aromatic heterocycles. The lowest BCUT2D eigenvalue weighted by Gasteiger charge is -2.09. The van der Waals surface area contributed by atoms with Gasteiger partial charge in [-0.25, -0.2) is 0 Å². The molecule has 0 N–H and O–H groups in total. The Balaban J connectivity index is 2.65. The van der Waals surface area contributed by atoms with Gasteiger partial charge in [0, 0.05) is 19.1 Å². The van der Waals surface area contributed by atoms with E-state index in [0.717, 1.165) is 6.20 Å². The third-order valence-electron chi connectivity index (χ3n) is 1.48. The fourth-order valence-electron chi connectivity index (χ4n) is 0.831. The summed E-state index contributed by atoms with van der Waals surface area (Å²) in [5.74, 6) is 0.0342. The molecule has 0 aliphatic rings. The monoisotopic (exact) mass is 207 g/mol.